The predicted molar refractivity (Wildman–Crippen MR) is 96.8 cm³/mol. The number of carbonyl (C=O) groups is 2. The number of amides is 2. The fourth-order valence-electron chi connectivity index (χ4n) is 3.86. The second kappa shape index (κ2) is 7.28. The third kappa shape index (κ3) is 3.64. The van der Waals surface area contributed by atoms with Gasteiger partial charge in [0.1, 0.15) is 11.9 Å². The molecule has 136 valence electrons. The Bertz CT molecular complexity index is 702. The van der Waals surface area contributed by atoms with E-state index < -0.39 is 22.8 Å². The molecule has 0 spiro atoms. The molecule has 25 heavy (non-hydrogen) atoms. The Morgan fingerprint density at radius 1 is 1.28 bits per heavy atom. The Morgan fingerprint density at radius 3 is 2.72 bits per heavy atom. The van der Waals surface area contributed by atoms with Crippen LogP contribution in [-0.4, -0.2) is 28.1 Å². The van der Waals surface area contributed by atoms with Crippen LogP contribution in [0.3, 0.4) is 0 Å². The molecule has 3 rings (SSSR count). The molecule has 0 bridgehead atoms. The van der Waals surface area contributed by atoms with Gasteiger partial charge in [-0.3, -0.25) is 9.00 Å². The summed E-state index contributed by atoms with van der Waals surface area (Å²) >= 11 is 0. The SMILES string of the molecule is CC(C)[C@@H]1CC[C@@H](C)C[C@H]1OC(=O)N1C(=O)C[S@](=O)c2ccccc21. The summed E-state index contributed by atoms with van der Waals surface area (Å²) in [4.78, 5) is 26.7. The van der Waals surface area contributed by atoms with Crippen molar-refractivity contribution in [2.75, 3.05) is 10.7 Å². The van der Waals surface area contributed by atoms with Crippen LogP contribution in [0, 0.1) is 17.8 Å². The molecule has 6 heteroatoms. The number of hydrogen-bond donors (Lipinski definition) is 0. The molecule has 1 fully saturated rings. The Balaban J connectivity index is 1.84. The molecular weight excluding hydrogens is 338 g/mol. The highest BCUT2D eigenvalue weighted by molar-refractivity contribution is 7.86. The molecule has 2 amide bonds. The average Bonchev–Trinajstić information content (AvgIpc) is 2.54. The molecular formula is C19H25NO4S. The van der Waals surface area contributed by atoms with Gasteiger partial charge in [0.05, 0.1) is 21.4 Å². The van der Waals surface area contributed by atoms with E-state index in [-0.39, 0.29) is 11.9 Å². The zero-order chi connectivity index (χ0) is 18.1. The van der Waals surface area contributed by atoms with Gasteiger partial charge in [0.2, 0.25) is 5.91 Å². The van der Waals surface area contributed by atoms with Gasteiger partial charge in [-0.1, -0.05) is 39.3 Å². The highest BCUT2D eigenvalue weighted by Gasteiger charge is 2.38. The van der Waals surface area contributed by atoms with E-state index in [0.717, 1.165) is 24.2 Å². The zero-order valence-electron chi connectivity index (χ0n) is 14.9. The van der Waals surface area contributed by atoms with Crippen molar-refractivity contribution >= 4 is 28.5 Å². The van der Waals surface area contributed by atoms with Crippen LogP contribution < -0.4 is 4.90 Å². The van der Waals surface area contributed by atoms with Gasteiger partial charge in [-0.15, -0.1) is 0 Å². The van der Waals surface area contributed by atoms with E-state index >= 15 is 0 Å². The summed E-state index contributed by atoms with van der Waals surface area (Å²) in [6.07, 6.45) is 2.18. The van der Waals surface area contributed by atoms with Crippen molar-refractivity contribution < 1.29 is 18.5 Å². The quantitative estimate of drug-likeness (QED) is 0.803. The molecule has 1 aliphatic heterocycles. The van der Waals surface area contributed by atoms with Crippen molar-refractivity contribution in [3.05, 3.63) is 24.3 Å². The van der Waals surface area contributed by atoms with Crippen molar-refractivity contribution in [1.82, 2.24) is 0 Å². The van der Waals surface area contributed by atoms with Gasteiger partial charge >= 0.3 is 6.09 Å². The normalized spacial score (nSPS) is 29.4. The number of para-hydroxylation sites is 1. The molecule has 5 nitrogen and oxygen atoms in total. The van der Waals surface area contributed by atoms with Crippen molar-refractivity contribution in [1.29, 1.82) is 0 Å². The summed E-state index contributed by atoms with van der Waals surface area (Å²) in [5.41, 5.74) is 0.382. The van der Waals surface area contributed by atoms with Crippen LogP contribution in [0.25, 0.3) is 0 Å². The first-order valence-electron chi connectivity index (χ1n) is 8.89. The van der Waals surface area contributed by atoms with Crippen molar-refractivity contribution in [3.8, 4) is 0 Å². The van der Waals surface area contributed by atoms with Crippen molar-refractivity contribution in [3.63, 3.8) is 0 Å². The minimum Gasteiger partial charge on any atom is -0.445 e. The summed E-state index contributed by atoms with van der Waals surface area (Å²) in [5, 5.41) is 0. The number of rotatable bonds is 2. The molecule has 0 aromatic heterocycles. The predicted octanol–water partition coefficient (Wildman–Crippen LogP) is 3.74. The second-order valence-corrected chi connectivity index (χ2v) is 8.85. The summed E-state index contributed by atoms with van der Waals surface area (Å²) < 4.78 is 18.0. The molecule has 0 saturated heterocycles. The van der Waals surface area contributed by atoms with Gasteiger partial charge in [0.15, 0.2) is 0 Å². The van der Waals surface area contributed by atoms with Crippen molar-refractivity contribution in [2.45, 2.75) is 51.0 Å². The van der Waals surface area contributed by atoms with Crippen LogP contribution in [0.5, 0.6) is 0 Å². The van der Waals surface area contributed by atoms with Gasteiger partial charge < -0.3 is 4.74 Å². The lowest BCUT2D eigenvalue weighted by Gasteiger charge is -2.38. The Kier molecular flexibility index (Phi) is 5.27. The van der Waals surface area contributed by atoms with Gasteiger partial charge in [-0.2, -0.15) is 0 Å². The average molecular weight is 363 g/mol. The zero-order valence-corrected chi connectivity index (χ0v) is 15.8. The van der Waals surface area contributed by atoms with E-state index in [1.165, 1.54) is 0 Å². The number of hydrogen-bond acceptors (Lipinski definition) is 4. The van der Waals surface area contributed by atoms with Crippen LogP contribution in [-0.2, 0) is 20.3 Å². The van der Waals surface area contributed by atoms with Gasteiger partial charge in [-0.25, -0.2) is 9.69 Å². The van der Waals surface area contributed by atoms with E-state index in [1.54, 1.807) is 24.3 Å². The number of carbonyl (C=O) groups excluding carboxylic acids is 2. The molecule has 4 atom stereocenters. The molecule has 0 N–H and O–H groups in total. The van der Waals surface area contributed by atoms with E-state index in [2.05, 4.69) is 20.8 Å². The molecule has 2 aliphatic rings. The van der Waals surface area contributed by atoms with E-state index in [1.807, 2.05) is 0 Å². The maximum Gasteiger partial charge on any atom is 0.421 e. The number of imide groups is 1. The fourth-order valence-corrected chi connectivity index (χ4v) is 4.99. The highest BCUT2D eigenvalue weighted by Crippen LogP contribution is 2.36. The van der Waals surface area contributed by atoms with Crippen LogP contribution in [0.1, 0.15) is 40.0 Å². The molecule has 1 aromatic rings. The number of anilines is 1. The second-order valence-electron chi connectivity index (χ2n) is 7.44. The monoisotopic (exact) mass is 363 g/mol. The van der Waals surface area contributed by atoms with Crippen LogP contribution >= 0.6 is 0 Å². The molecule has 1 aromatic carbocycles. The largest absolute Gasteiger partial charge is 0.445 e. The first-order chi connectivity index (χ1) is 11.9. The minimum atomic E-state index is -1.41. The molecule has 1 saturated carbocycles. The van der Waals surface area contributed by atoms with Crippen LogP contribution in [0.4, 0.5) is 10.5 Å². The third-order valence-electron chi connectivity index (χ3n) is 5.25. The van der Waals surface area contributed by atoms with Gasteiger partial charge in [-0.05, 0) is 42.7 Å². The Hall–Kier alpha value is -1.69. The van der Waals surface area contributed by atoms with E-state index in [9.17, 15) is 13.8 Å². The summed E-state index contributed by atoms with van der Waals surface area (Å²) in [6.45, 7) is 6.46. The van der Waals surface area contributed by atoms with Gasteiger partial charge in [0, 0.05) is 0 Å². The topological polar surface area (TPSA) is 63.7 Å². The molecule has 1 heterocycles. The molecule has 0 radical (unpaired) electrons. The first kappa shape index (κ1) is 18.1. The summed E-state index contributed by atoms with van der Waals surface area (Å²) in [6, 6.07) is 6.83. The molecule has 1 aliphatic carbocycles. The lowest BCUT2D eigenvalue weighted by Crippen LogP contribution is -2.46. The van der Waals surface area contributed by atoms with E-state index in [4.69, 9.17) is 4.74 Å². The molecule has 0 unspecified atom stereocenters. The highest BCUT2D eigenvalue weighted by atomic mass is 32.2. The number of benzene rings is 1. The fraction of sp³-hybridized carbons (Fsp3) is 0.579. The lowest BCUT2D eigenvalue weighted by atomic mass is 9.75. The van der Waals surface area contributed by atoms with Crippen molar-refractivity contribution in [2.24, 2.45) is 17.8 Å². The number of fused-ring (bicyclic) bond motifs is 1. The smallest absolute Gasteiger partial charge is 0.421 e. The van der Waals surface area contributed by atoms with E-state index in [0.29, 0.717) is 28.3 Å². The Labute approximate surface area is 151 Å². The minimum absolute atomic E-state index is 0.177. The summed E-state index contributed by atoms with van der Waals surface area (Å²) in [7, 11) is -1.41. The number of ether oxygens (including phenoxy) is 1. The lowest BCUT2D eigenvalue weighted by molar-refractivity contribution is -0.116. The maximum atomic E-state index is 12.8. The summed E-state index contributed by atoms with van der Waals surface area (Å²) in [5.74, 6) is 0.587. The maximum absolute atomic E-state index is 12.8. The van der Waals surface area contributed by atoms with Gasteiger partial charge in [0.25, 0.3) is 0 Å². The Morgan fingerprint density at radius 2 is 2.00 bits per heavy atom. The third-order valence-corrected chi connectivity index (χ3v) is 6.60. The first-order valence-corrected chi connectivity index (χ1v) is 10.2. The standard InChI is InChI=1S/C19H25NO4S/c1-12(2)14-9-8-13(3)10-16(14)24-19(22)20-15-6-4-5-7-17(15)25(23)11-18(20)21/h4-7,12-14,16H,8-11H2,1-3H3/t13-,14+,16-,25+/m1/s1. The van der Waals surface area contributed by atoms with Crippen LogP contribution in [0.2, 0.25) is 0 Å². The van der Waals surface area contributed by atoms with Crippen LogP contribution in [0.15, 0.2) is 29.2 Å². The number of nitrogens with zero attached hydrogens (tertiary/aromatic N) is 1.